The number of halogens is 2. The SMILES string of the molecule is COC(=O)N[C@H](C(=O)Nc1ccccc1CC[C@H]1CNC[C@@H](C)N1S(=O)(=O)c1ccc(F)cc1)[C@@H](c1ccc(Cl)cc1)C1CCOCC1. The molecule has 2 aliphatic rings. The zero-order valence-corrected chi connectivity index (χ0v) is 28.6. The Morgan fingerprint density at radius 1 is 1.04 bits per heavy atom. The van der Waals surface area contributed by atoms with Crippen LogP contribution in [-0.4, -0.2) is 76.3 Å². The van der Waals surface area contributed by atoms with Crippen molar-refractivity contribution in [3.8, 4) is 0 Å². The summed E-state index contributed by atoms with van der Waals surface area (Å²) in [5.74, 6) is -1.27. The minimum Gasteiger partial charge on any atom is -0.453 e. The lowest BCUT2D eigenvalue weighted by atomic mass is 9.76. The monoisotopic (exact) mass is 700 g/mol. The molecule has 13 heteroatoms. The fourth-order valence-corrected chi connectivity index (χ4v) is 8.75. The van der Waals surface area contributed by atoms with Crippen LogP contribution >= 0.6 is 11.6 Å². The Kier molecular flexibility index (Phi) is 12.1. The number of hydrogen-bond donors (Lipinski definition) is 3. The number of hydrogen-bond acceptors (Lipinski definition) is 7. The first-order valence-electron chi connectivity index (χ1n) is 16.1. The van der Waals surface area contributed by atoms with E-state index in [1.54, 1.807) is 18.2 Å². The molecule has 3 aromatic rings. The van der Waals surface area contributed by atoms with E-state index in [-0.39, 0.29) is 22.9 Å². The van der Waals surface area contributed by atoms with Crippen LogP contribution in [0, 0.1) is 11.7 Å². The molecule has 258 valence electrons. The van der Waals surface area contributed by atoms with Crippen LogP contribution in [0.25, 0.3) is 0 Å². The summed E-state index contributed by atoms with van der Waals surface area (Å²) in [4.78, 5) is 26.8. The van der Waals surface area contributed by atoms with E-state index in [2.05, 4.69) is 16.0 Å². The van der Waals surface area contributed by atoms with E-state index < -0.39 is 39.8 Å². The molecule has 3 aromatic carbocycles. The van der Waals surface area contributed by atoms with Gasteiger partial charge >= 0.3 is 6.09 Å². The number of carbonyl (C=O) groups excluding carboxylic acids is 2. The molecule has 2 heterocycles. The van der Waals surface area contributed by atoms with Crippen molar-refractivity contribution >= 4 is 39.3 Å². The molecule has 2 saturated heterocycles. The Morgan fingerprint density at radius 2 is 1.73 bits per heavy atom. The number of benzene rings is 3. The minimum atomic E-state index is -3.90. The Labute approximate surface area is 286 Å². The van der Waals surface area contributed by atoms with Crippen molar-refractivity contribution in [2.24, 2.45) is 5.92 Å². The van der Waals surface area contributed by atoms with Gasteiger partial charge in [-0.15, -0.1) is 0 Å². The number of amides is 2. The van der Waals surface area contributed by atoms with Crippen molar-refractivity contribution in [2.75, 3.05) is 38.7 Å². The van der Waals surface area contributed by atoms with Gasteiger partial charge in [-0.25, -0.2) is 17.6 Å². The number of rotatable bonds is 11. The Hall–Kier alpha value is -3.55. The normalized spacial score (nSPS) is 20.4. The summed E-state index contributed by atoms with van der Waals surface area (Å²) in [7, 11) is -2.64. The molecule has 0 aromatic heterocycles. The van der Waals surface area contributed by atoms with E-state index in [4.69, 9.17) is 21.1 Å². The predicted molar refractivity (Wildman–Crippen MR) is 182 cm³/mol. The molecule has 2 fully saturated rings. The van der Waals surface area contributed by atoms with E-state index >= 15 is 0 Å². The number of aryl methyl sites for hydroxylation is 1. The third kappa shape index (κ3) is 8.53. The van der Waals surface area contributed by atoms with Gasteiger partial charge in [0.1, 0.15) is 11.9 Å². The van der Waals surface area contributed by atoms with Gasteiger partial charge < -0.3 is 25.4 Å². The molecule has 0 bridgehead atoms. The van der Waals surface area contributed by atoms with Crippen LogP contribution in [-0.2, 0) is 30.7 Å². The van der Waals surface area contributed by atoms with Crippen molar-refractivity contribution in [1.82, 2.24) is 14.9 Å². The van der Waals surface area contributed by atoms with Gasteiger partial charge in [0.05, 0.1) is 12.0 Å². The number of nitrogens with one attached hydrogen (secondary N) is 3. The molecular weight excluding hydrogens is 659 g/mol. The number of piperazine rings is 1. The average Bonchev–Trinajstić information content (AvgIpc) is 3.08. The summed E-state index contributed by atoms with van der Waals surface area (Å²) < 4.78 is 53.1. The second-order valence-electron chi connectivity index (χ2n) is 12.3. The largest absolute Gasteiger partial charge is 0.453 e. The molecule has 10 nitrogen and oxygen atoms in total. The topological polar surface area (TPSA) is 126 Å². The number of anilines is 1. The lowest BCUT2D eigenvalue weighted by Gasteiger charge is -2.40. The van der Waals surface area contributed by atoms with Crippen LogP contribution in [0.1, 0.15) is 43.2 Å². The molecule has 2 aliphatic heterocycles. The van der Waals surface area contributed by atoms with Gasteiger partial charge in [-0.1, -0.05) is 41.9 Å². The third-order valence-electron chi connectivity index (χ3n) is 9.15. The highest BCUT2D eigenvalue weighted by atomic mass is 35.5. The van der Waals surface area contributed by atoms with Gasteiger partial charge in [0.25, 0.3) is 0 Å². The fourth-order valence-electron chi connectivity index (χ4n) is 6.78. The summed E-state index contributed by atoms with van der Waals surface area (Å²) in [6, 6.07) is 17.8. The summed E-state index contributed by atoms with van der Waals surface area (Å²) >= 11 is 6.20. The van der Waals surface area contributed by atoms with Gasteiger partial charge in [0.15, 0.2) is 0 Å². The number of carbonyl (C=O) groups is 2. The second kappa shape index (κ2) is 16.2. The lowest BCUT2D eigenvalue weighted by Crippen LogP contribution is -2.58. The standard InChI is InChI=1S/C35H42ClFN4O6S/c1-23-21-38-22-29(41(23)48(44,45)30-15-12-28(37)13-16-30)14-9-24-5-3-4-6-31(24)39-34(42)33(40-35(43)46-2)32(26-17-19-47-20-18-26)25-7-10-27(36)11-8-25/h3-8,10-13,15-16,23,26,29,32-33,38H,9,14,17-22H2,1-2H3,(H,39,42)(H,40,43)/t23-,29+,32+,33+/m1/s1. The average molecular weight is 701 g/mol. The molecule has 4 atom stereocenters. The maximum atomic E-state index is 14.2. The van der Waals surface area contributed by atoms with Gasteiger partial charge in [0.2, 0.25) is 15.9 Å². The van der Waals surface area contributed by atoms with E-state index in [0.717, 1.165) is 23.3 Å². The number of methoxy groups -OCH3 is 1. The first-order valence-corrected chi connectivity index (χ1v) is 18.0. The van der Waals surface area contributed by atoms with Crippen LogP contribution < -0.4 is 16.0 Å². The lowest BCUT2D eigenvalue weighted by molar-refractivity contribution is -0.119. The maximum absolute atomic E-state index is 14.2. The van der Waals surface area contributed by atoms with Crippen molar-refractivity contribution in [3.05, 3.63) is 94.8 Å². The first kappa shape index (κ1) is 35.7. The summed E-state index contributed by atoms with van der Waals surface area (Å²) in [6.45, 7) is 3.87. The van der Waals surface area contributed by atoms with E-state index in [1.807, 2.05) is 37.3 Å². The Balaban J connectivity index is 1.39. The zero-order chi connectivity index (χ0) is 34.3. The number of ether oxygens (including phenoxy) is 2. The minimum absolute atomic E-state index is 0.0397. The maximum Gasteiger partial charge on any atom is 0.407 e. The molecule has 0 saturated carbocycles. The second-order valence-corrected chi connectivity index (χ2v) is 14.6. The summed E-state index contributed by atoms with van der Waals surface area (Å²) in [5, 5.41) is 9.74. The summed E-state index contributed by atoms with van der Waals surface area (Å²) in [5.41, 5.74) is 2.23. The molecule has 48 heavy (non-hydrogen) atoms. The third-order valence-corrected chi connectivity index (χ3v) is 11.5. The highest BCUT2D eigenvalue weighted by Gasteiger charge is 2.39. The smallest absolute Gasteiger partial charge is 0.407 e. The molecule has 0 unspecified atom stereocenters. The number of para-hydroxylation sites is 1. The quantitative estimate of drug-likeness (QED) is 0.247. The number of sulfonamides is 1. The van der Waals surface area contributed by atoms with Gasteiger partial charge in [-0.3, -0.25) is 4.79 Å². The molecular formula is C35H42ClFN4O6S. The Bertz CT molecular complexity index is 1650. The van der Waals surface area contributed by atoms with Gasteiger partial charge in [-0.2, -0.15) is 4.31 Å². The molecule has 0 radical (unpaired) electrons. The van der Waals surface area contributed by atoms with Crippen molar-refractivity contribution in [3.63, 3.8) is 0 Å². The van der Waals surface area contributed by atoms with Crippen molar-refractivity contribution in [2.45, 2.75) is 61.5 Å². The van der Waals surface area contributed by atoms with E-state index in [9.17, 15) is 22.4 Å². The van der Waals surface area contributed by atoms with Crippen LogP contribution in [0.2, 0.25) is 5.02 Å². The van der Waals surface area contributed by atoms with Crippen molar-refractivity contribution < 1.29 is 31.9 Å². The predicted octanol–water partition coefficient (Wildman–Crippen LogP) is 5.34. The molecule has 0 aliphatic carbocycles. The molecule has 5 rings (SSSR count). The molecule has 2 amide bonds. The molecule has 3 N–H and O–H groups in total. The van der Waals surface area contributed by atoms with Crippen LogP contribution in [0.3, 0.4) is 0 Å². The highest BCUT2D eigenvalue weighted by Crippen LogP contribution is 2.36. The van der Waals surface area contributed by atoms with Crippen LogP contribution in [0.4, 0.5) is 14.9 Å². The number of alkyl carbamates (subject to hydrolysis) is 1. The van der Waals surface area contributed by atoms with Gasteiger partial charge in [0, 0.05) is 55.0 Å². The Morgan fingerprint density at radius 3 is 2.42 bits per heavy atom. The van der Waals surface area contributed by atoms with Gasteiger partial charge in [-0.05, 0) is 92.1 Å². The fraction of sp³-hybridized carbons (Fsp3) is 0.429. The van der Waals surface area contributed by atoms with Crippen LogP contribution in [0.5, 0.6) is 0 Å². The highest BCUT2D eigenvalue weighted by molar-refractivity contribution is 7.89. The first-order chi connectivity index (χ1) is 23.1. The van der Waals surface area contributed by atoms with E-state index in [1.165, 1.54) is 23.5 Å². The van der Waals surface area contributed by atoms with E-state index in [0.29, 0.717) is 62.7 Å². The zero-order valence-electron chi connectivity index (χ0n) is 27.0. The summed E-state index contributed by atoms with van der Waals surface area (Å²) in [6.07, 6.45) is 1.62. The molecule has 0 spiro atoms. The van der Waals surface area contributed by atoms with Crippen molar-refractivity contribution in [1.29, 1.82) is 0 Å². The number of nitrogens with zero attached hydrogens (tertiary/aromatic N) is 1. The van der Waals surface area contributed by atoms with Crippen LogP contribution in [0.15, 0.2) is 77.7 Å².